The van der Waals surface area contributed by atoms with Gasteiger partial charge in [0.25, 0.3) is 5.91 Å². The lowest BCUT2D eigenvalue weighted by atomic mass is 10.1. The minimum atomic E-state index is 0.186. The van der Waals surface area contributed by atoms with Gasteiger partial charge in [0.15, 0.2) is 0 Å². The van der Waals surface area contributed by atoms with Crippen molar-refractivity contribution in [2.45, 2.75) is 51.1 Å². The molecule has 0 bridgehead atoms. The molecule has 3 heterocycles. The molecule has 5 nitrogen and oxygen atoms in total. The van der Waals surface area contributed by atoms with Crippen molar-refractivity contribution in [3.05, 3.63) is 35.5 Å². The van der Waals surface area contributed by atoms with Gasteiger partial charge in [-0.1, -0.05) is 6.07 Å². The highest BCUT2D eigenvalue weighted by Gasteiger charge is 2.30. The molecule has 1 N–H and O–H groups in total. The van der Waals surface area contributed by atoms with E-state index in [1.54, 1.807) is 0 Å². The van der Waals surface area contributed by atoms with Crippen LogP contribution in [-0.2, 0) is 6.54 Å². The van der Waals surface area contributed by atoms with Crippen molar-refractivity contribution in [2.75, 3.05) is 39.3 Å². The second-order valence-electron chi connectivity index (χ2n) is 8.82. The number of aromatic nitrogens is 1. The highest BCUT2D eigenvalue weighted by molar-refractivity contribution is 5.98. The molecule has 2 aromatic rings. The monoisotopic (exact) mass is 380 g/mol. The molecule has 1 saturated carbocycles. The maximum atomic E-state index is 12.8. The number of nitrogens with one attached hydrogen (secondary N) is 1. The summed E-state index contributed by atoms with van der Waals surface area (Å²) in [5.74, 6) is 0.186. The number of H-pyrrole nitrogens is 1. The lowest BCUT2D eigenvalue weighted by Crippen LogP contribution is -2.35. The van der Waals surface area contributed by atoms with Gasteiger partial charge in [-0.25, -0.2) is 0 Å². The molecule has 5 rings (SSSR count). The first-order valence-corrected chi connectivity index (χ1v) is 11.1. The molecule has 3 aliphatic rings. The predicted octanol–water partition coefficient (Wildman–Crippen LogP) is 3.46. The SMILES string of the molecule is O=C(c1ccc2c(CN3CCCN(C4CC4)CC3)c[nH]c2c1)N1CCCCC1. The highest BCUT2D eigenvalue weighted by Crippen LogP contribution is 2.28. The summed E-state index contributed by atoms with van der Waals surface area (Å²) in [7, 11) is 0. The number of carbonyl (C=O) groups excluding carboxylic acids is 1. The molecule has 0 unspecified atom stereocenters. The first kappa shape index (κ1) is 18.2. The Morgan fingerprint density at radius 2 is 1.82 bits per heavy atom. The molecule has 1 amide bonds. The van der Waals surface area contributed by atoms with Crippen LogP contribution in [0, 0.1) is 0 Å². The minimum Gasteiger partial charge on any atom is -0.361 e. The lowest BCUT2D eigenvalue weighted by molar-refractivity contribution is 0.0724. The van der Waals surface area contributed by atoms with E-state index in [1.807, 2.05) is 17.0 Å². The molecule has 2 aliphatic heterocycles. The van der Waals surface area contributed by atoms with Gasteiger partial charge in [0.1, 0.15) is 0 Å². The van der Waals surface area contributed by atoms with Gasteiger partial charge in [0.2, 0.25) is 0 Å². The Bertz CT molecular complexity index is 834. The fraction of sp³-hybridized carbons (Fsp3) is 0.609. The van der Waals surface area contributed by atoms with E-state index in [0.29, 0.717) is 0 Å². The molecule has 0 radical (unpaired) electrons. The summed E-state index contributed by atoms with van der Waals surface area (Å²) in [6.45, 7) is 7.62. The van der Waals surface area contributed by atoms with Crippen LogP contribution in [0.1, 0.15) is 54.4 Å². The van der Waals surface area contributed by atoms with Crippen molar-refractivity contribution in [1.82, 2.24) is 19.7 Å². The molecule has 150 valence electrons. The Hall–Kier alpha value is -1.85. The summed E-state index contributed by atoms with van der Waals surface area (Å²) in [5, 5.41) is 1.26. The molecule has 1 aromatic heterocycles. The standard InChI is InChI=1S/C23H32N4O/c28-23(27-10-2-1-3-11-27)18-5-8-21-19(16-24-22(21)15-18)17-25-9-4-12-26(14-13-25)20-6-7-20/h5,8,15-16,20,24H,1-4,6-7,9-14,17H2. The van der Waals surface area contributed by atoms with Gasteiger partial charge in [-0.05, 0) is 69.3 Å². The number of nitrogens with zero attached hydrogens (tertiary/aromatic N) is 3. The summed E-state index contributed by atoms with van der Waals surface area (Å²) in [6.07, 6.45) is 9.74. The van der Waals surface area contributed by atoms with Gasteiger partial charge in [-0.2, -0.15) is 0 Å². The van der Waals surface area contributed by atoms with Crippen LogP contribution >= 0.6 is 0 Å². The van der Waals surface area contributed by atoms with Gasteiger partial charge >= 0.3 is 0 Å². The first-order chi connectivity index (χ1) is 13.8. The fourth-order valence-corrected chi connectivity index (χ4v) is 4.92. The van der Waals surface area contributed by atoms with E-state index >= 15 is 0 Å². The maximum Gasteiger partial charge on any atom is 0.253 e. The van der Waals surface area contributed by atoms with E-state index in [-0.39, 0.29) is 5.91 Å². The Labute approximate surface area is 167 Å². The molecule has 2 saturated heterocycles. The van der Waals surface area contributed by atoms with E-state index in [2.05, 4.69) is 27.0 Å². The van der Waals surface area contributed by atoms with Crippen molar-refractivity contribution >= 4 is 16.8 Å². The predicted molar refractivity (Wildman–Crippen MR) is 113 cm³/mol. The smallest absolute Gasteiger partial charge is 0.253 e. The fourth-order valence-electron chi connectivity index (χ4n) is 4.92. The summed E-state index contributed by atoms with van der Waals surface area (Å²) in [5.41, 5.74) is 3.26. The van der Waals surface area contributed by atoms with Crippen molar-refractivity contribution in [3.63, 3.8) is 0 Å². The Morgan fingerprint density at radius 3 is 2.64 bits per heavy atom. The van der Waals surface area contributed by atoms with E-state index in [1.165, 1.54) is 56.3 Å². The normalized spacial score (nSPS) is 22.5. The summed E-state index contributed by atoms with van der Waals surface area (Å²) >= 11 is 0. The zero-order valence-electron chi connectivity index (χ0n) is 16.8. The number of hydrogen-bond acceptors (Lipinski definition) is 3. The molecular weight excluding hydrogens is 348 g/mol. The van der Waals surface area contributed by atoms with Crippen LogP contribution in [0.15, 0.2) is 24.4 Å². The second kappa shape index (κ2) is 7.88. The number of amides is 1. The Kier molecular flexibility index (Phi) is 5.12. The molecule has 0 atom stereocenters. The van der Waals surface area contributed by atoms with Crippen LogP contribution < -0.4 is 0 Å². The van der Waals surface area contributed by atoms with Gasteiger partial charge in [-0.15, -0.1) is 0 Å². The quantitative estimate of drug-likeness (QED) is 0.883. The van der Waals surface area contributed by atoms with E-state index in [9.17, 15) is 4.79 Å². The third kappa shape index (κ3) is 3.83. The van der Waals surface area contributed by atoms with Gasteiger partial charge < -0.3 is 9.88 Å². The number of likely N-dealkylation sites (tertiary alicyclic amines) is 1. The zero-order valence-corrected chi connectivity index (χ0v) is 16.8. The highest BCUT2D eigenvalue weighted by atomic mass is 16.2. The van der Waals surface area contributed by atoms with Gasteiger partial charge in [-0.3, -0.25) is 14.6 Å². The lowest BCUT2D eigenvalue weighted by Gasteiger charge is -2.26. The molecule has 28 heavy (non-hydrogen) atoms. The first-order valence-electron chi connectivity index (χ1n) is 11.1. The van der Waals surface area contributed by atoms with Gasteiger partial charge in [0.05, 0.1) is 0 Å². The zero-order chi connectivity index (χ0) is 18.9. The van der Waals surface area contributed by atoms with Crippen LogP contribution in [0.5, 0.6) is 0 Å². The van der Waals surface area contributed by atoms with Crippen LogP contribution in [0.2, 0.25) is 0 Å². The third-order valence-electron chi connectivity index (χ3n) is 6.74. The van der Waals surface area contributed by atoms with E-state index in [4.69, 9.17) is 0 Å². The summed E-state index contributed by atoms with van der Waals surface area (Å²) in [6, 6.07) is 7.09. The number of aromatic amines is 1. The topological polar surface area (TPSA) is 42.6 Å². The molecule has 0 spiro atoms. The Balaban J connectivity index is 1.27. The molecule has 3 fully saturated rings. The number of piperidine rings is 1. The van der Waals surface area contributed by atoms with Crippen molar-refractivity contribution in [3.8, 4) is 0 Å². The number of hydrogen-bond donors (Lipinski definition) is 1. The van der Waals surface area contributed by atoms with E-state index < -0.39 is 0 Å². The van der Waals surface area contributed by atoms with Gasteiger partial charge in [0, 0.05) is 61.4 Å². The molecular formula is C23H32N4O. The number of carbonyl (C=O) groups is 1. The summed E-state index contributed by atoms with van der Waals surface area (Å²) < 4.78 is 0. The largest absolute Gasteiger partial charge is 0.361 e. The third-order valence-corrected chi connectivity index (χ3v) is 6.74. The van der Waals surface area contributed by atoms with Crippen molar-refractivity contribution in [1.29, 1.82) is 0 Å². The van der Waals surface area contributed by atoms with Crippen LogP contribution in [0.3, 0.4) is 0 Å². The minimum absolute atomic E-state index is 0.186. The average Bonchev–Trinajstić information content (AvgIpc) is 3.53. The molecule has 1 aromatic carbocycles. The van der Waals surface area contributed by atoms with Crippen LogP contribution in [0.4, 0.5) is 0 Å². The summed E-state index contributed by atoms with van der Waals surface area (Å²) in [4.78, 5) is 23.5. The van der Waals surface area contributed by atoms with E-state index in [0.717, 1.165) is 56.1 Å². The van der Waals surface area contributed by atoms with Crippen molar-refractivity contribution < 1.29 is 4.79 Å². The molecule has 1 aliphatic carbocycles. The second-order valence-corrected chi connectivity index (χ2v) is 8.82. The Morgan fingerprint density at radius 1 is 0.964 bits per heavy atom. The maximum absolute atomic E-state index is 12.8. The number of rotatable bonds is 4. The van der Waals surface area contributed by atoms with Crippen LogP contribution in [0.25, 0.3) is 10.9 Å². The number of fused-ring (bicyclic) bond motifs is 1. The van der Waals surface area contributed by atoms with Crippen molar-refractivity contribution in [2.24, 2.45) is 0 Å². The molecule has 5 heteroatoms. The number of benzene rings is 1. The van der Waals surface area contributed by atoms with Crippen LogP contribution in [-0.4, -0.2) is 70.9 Å². The average molecular weight is 381 g/mol.